The maximum Gasteiger partial charge on any atom is 0.261 e. The summed E-state index contributed by atoms with van der Waals surface area (Å²) in [6.45, 7) is 3.34. The topological polar surface area (TPSA) is 125 Å². The van der Waals surface area contributed by atoms with Crippen molar-refractivity contribution in [2.75, 3.05) is 31.5 Å². The molecule has 0 radical (unpaired) electrons. The van der Waals surface area contributed by atoms with Gasteiger partial charge in [-0.1, -0.05) is 13.8 Å². The lowest BCUT2D eigenvalue weighted by atomic mass is 9.84. The summed E-state index contributed by atoms with van der Waals surface area (Å²) in [6, 6.07) is 4.63. The van der Waals surface area contributed by atoms with Gasteiger partial charge in [0.05, 0.1) is 29.2 Å². The van der Waals surface area contributed by atoms with Gasteiger partial charge in [-0.15, -0.1) is 11.3 Å². The standard InChI is InChI=1S/C21H22FIN4O5S/c1-20(2)6-12-15(19(29)26-8-21(30,9-26)10-27(31)32)18(33-16(12)17(28)24-7-20)25-14-4-3-11(23)5-13(14)22/h3-5,25,30H,6-10H2,1-2H3,(H,24,28). The second-order valence-corrected chi connectivity index (χ2v) is 11.5. The number of carbonyl (C=O) groups excluding carboxylic acids is 2. The quantitative estimate of drug-likeness (QED) is 0.280. The second kappa shape index (κ2) is 8.47. The normalized spacial score (nSPS) is 18.6. The molecule has 9 nitrogen and oxygen atoms in total. The molecule has 1 fully saturated rings. The molecule has 2 aliphatic heterocycles. The molecule has 4 rings (SSSR count). The fourth-order valence-electron chi connectivity index (χ4n) is 4.09. The van der Waals surface area contributed by atoms with Gasteiger partial charge in [-0.2, -0.15) is 0 Å². The van der Waals surface area contributed by atoms with Crippen molar-refractivity contribution in [3.63, 3.8) is 0 Å². The number of nitro groups is 1. The number of fused-ring (bicyclic) bond motifs is 1. The van der Waals surface area contributed by atoms with Gasteiger partial charge in [-0.05, 0) is 58.2 Å². The summed E-state index contributed by atoms with van der Waals surface area (Å²) in [5, 5.41) is 27.3. The van der Waals surface area contributed by atoms with Gasteiger partial charge in [0.25, 0.3) is 11.8 Å². The summed E-state index contributed by atoms with van der Waals surface area (Å²) in [6.07, 6.45) is 0.433. The predicted molar refractivity (Wildman–Crippen MR) is 129 cm³/mol. The number of nitrogens with one attached hydrogen (secondary N) is 2. The Labute approximate surface area is 206 Å². The predicted octanol–water partition coefficient (Wildman–Crippen LogP) is 3.01. The van der Waals surface area contributed by atoms with E-state index in [1.165, 1.54) is 11.0 Å². The molecule has 1 saturated heterocycles. The zero-order valence-corrected chi connectivity index (χ0v) is 20.9. The number of rotatable bonds is 5. The van der Waals surface area contributed by atoms with E-state index in [2.05, 4.69) is 10.6 Å². The summed E-state index contributed by atoms with van der Waals surface area (Å²) in [5.74, 6) is -1.27. The highest BCUT2D eigenvalue weighted by Crippen LogP contribution is 2.42. The van der Waals surface area contributed by atoms with Gasteiger partial charge in [-0.25, -0.2) is 4.39 Å². The van der Waals surface area contributed by atoms with E-state index in [4.69, 9.17) is 0 Å². The third-order valence-electron chi connectivity index (χ3n) is 5.67. The molecule has 1 aromatic heterocycles. The molecule has 12 heteroatoms. The van der Waals surface area contributed by atoms with Crippen LogP contribution in [0.25, 0.3) is 0 Å². The van der Waals surface area contributed by atoms with Crippen molar-refractivity contribution in [2.24, 2.45) is 5.41 Å². The molecular formula is C21H22FIN4O5S. The van der Waals surface area contributed by atoms with Crippen LogP contribution in [0.2, 0.25) is 0 Å². The average Bonchev–Trinajstić information content (AvgIpc) is 2.97. The summed E-state index contributed by atoms with van der Waals surface area (Å²) in [7, 11) is 0. The lowest BCUT2D eigenvalue weighted by Crippen LogP contribution is -2.66. The fraction of sp³-hybridized carbons (Fsp3) is 0.429. The Balaban J connectivity index is 1.74. The van der Waals surface area contributed by atoms with Crippen molar-refractivity contribution in [2.45, 2.75) is 25.9 Å². The monoisotopic (exact) mass is 588 g/mol. The third-order valence-corrected chi connectivity index (χ3v) is 7.49. The van der Waals surface area contributed by atoms with E-state index >= 15 is 0 Å². The zero-order valence-electron chi connectivity index (χ0n) is 17.9. The number of thiophene rings is 1. The van der Waals surface area contributed by atoms with Gasteiger partial charge in [0.2, 0.25) is 6.54 Å². The maximum atomic E-state index is 14.5. The Morgan fingerprint density at radius 3 is 2.76 bits per heavy atom. The zero-order chi connectivity index (χ0) is 24.1. The first-order valence-corrected chi connectivity index (χ1v) is 12.1. The van der Waals surface area contributed by atoms with Crippen LogP contribution in [-0.2, 0) is 6.42 Å². The van der Waals surface area contributed by atoms with Gasteiger partial charge in [0, 0.05) is 15.0 Å². The Hall–Kier alpha value is -2.32. The summed E-state index contributed by atoms with van der Waals surface area (Å²) in [4.78, 5) is 38.2. The van der Waals surface area contributed by atoms with Crippen LogP contribution in [0.4, 0.5) is 15.1 Å². The van der Waals surface area contributed by atoms with Crippen molar-refractivity contribution in [3.05, 3.63) is 53.7 Å². The van der Waals surface area contributed by atoms with Crippen molar-refractivity contribution in [1.82, 2.24) is 10.2 Å². The molecule has 2 aliphatic rings. The Morgan fingerprint density at radius 2 is 2.12 bits per heavy atom. The molecule has 1 aromatic carbocycles. The largest absolute Gasteiger partial charge is 0.379 e. The molecule has 0 aliphatic carbocycles. The molecule has 0 bridgehead atoms. The number of likely N-dealkylation sites (tertiary alicyclic amines) is 1. The number of carbonyl (C=O) groups is 2. The molecule has 2 amide bonds. The molecule has 33 heavy (non-hydrogen) atoms. The number of aliphatic hydroxyl groups is 1. The third kappa shape index (κ3) is 4.82. The highest BCUT2D eigenvalue weighted by molar-refractivity contribution is 14.1. The second-order valence-electron chi connectivity index (χ2n) is 9.26. The molecule has 0 saturated carbocycles. The lowest BCUT2D eigenvalue weighted by Gasteiger charge is -2.43. The molecule has 0 unspecified atom stereocenters. The van der Waals surface area contributed by atoms with Crippen LogP contribution in [-0.4, -0.2) is 58.5 Å². The van der Waals surface area contributed by atoms with E-state index in [9.17, 15) is 29.2 Å². The van der Waals surface area contributed by atoms with Gasteiger partial charge in [0.15, 0.2) is 5.60 Å². The van der Waals surface area contributed by atoms with Crippen LogP contribution >= 0.6 is 33.9 Å². The number of β-amino-alcohol motifs (C(OH)–C–C–N with tert-alkyl or cyclic N) is 1. The molecular weight excluding hydrogens is 566 g/mol. The average molecular weight is 588 g/mol. The summed E-state index contributed by atoms with van der Waals surface area (Å²) >= 11 is 3.07. The Bertz CT molecular complexity index is 1160. The van der Waals surface area contributed by atoms with Gasteiger partial charge in [-0.3, -0.25) is 19.7 Å². The first-order valence-electron chi connectivity index (χ1n) is 10.2. The Kier molecular flexibility index (Phi) is 6.12. The molecule has 0 atom stereocenters. The van der Waals surface area contributed by atoms with E-state index in [0.29, 0.717) is 32.0 Å². The number of hydrogen-bond acceptors (Lipinski definition) is 7. The number of nitrogens with zero attached hydrogens (tertiary/aromatic N) is 2. The van der Waals surface area contributed by atoms with Crippen molar-refractivity contribution in [3.8, 4) is 0 Å². The van der Waals surface area contributed by atoms with E-state index in [0.717, 1.165) is 11.3 Å². The fourth-order valence-corrected chi connectivity index (χ4v) is 5.69. The number of anilines is 2. The van der Waals surface area contributed by atoms with E-state index < -0.39 is 28.8 Å². The Morgan fingerprint density at radius 1 is 1.42 bits per heavy atom. The van der Waals surface area contributed by atoms with E-state index in [1.54, 1.807) is 12.1 Å². The van der Waals surface area contributed by atoms with Crippen molar-refractivity contribution >= 4 is 56.4 Å². The number of hydrogen-bond donors (Lipinski definition) is 3. The minimum absolute atomic E-state index is 0.161. The van der Waals surface area contributed by atoms with Crippen molar-refractivity contribution in [1.29, 1.82) is 0 Å². The number of amides is 2. The summed E-state index contributed by atoms with van der Waals surface area (Å²) < 4.78 is 15.3. The van der Waals surface area contributed by atoms with Crippen LogP contribution in [0, 0.1) is 24.9 Å². The lowest BCUT2D eigenvalue weighted by molar-refractivity contribution is -0.505. The highest BCUT2D eigenvalue weighted by Gasteiger charge is 2.49. The first kappa shape index (κ1) is 23.8. The minimum Gasteiger partial charge on any atom is -0.379 e. The van der Waals surface area contributed by atoms with Gasteiger partial charge < -0.3 is 20.6 Å². The van der Waals surface area contributed by atoms with E-state index in [1.807, 2.05) is 36.4 Å². The van der Waals surface area contributed by atoms with E-state index in [-0.39, 0.29) is 35.7 Å². The van der Waals surface area contributed by atoms with Gasteiger partial charge in [0.1, 0.15) is 10.8 Å². The first-order chi connectivity index (χ1) is 15.4. The maximum absolute atomic E-state index is 14.5. The molecule has 176 valence electrons. The van der Waals surface area contributed by atoms with Crippen molar-refractivity contribution < 1.29 is 24.0 Å². The highest BCUT2D eigenvalue weighted by atomic mass is 127. The van der Waals surface area contributed by atoms with Crippen LogP contribution < -0.4 is 10.6 Å². The van der Waals surface area contributed by atoms with Crippen LogP contribution in [0.15, 0.2) is 18.2 Å². The molecule has 3 heterocycles. The van der Waals surface area contributed by atoms with Gasteiger partial charge >= 0.3 is 0 Å². The molecule has 2 aromatic rings. The summed E-state index contributed by atoms with van der Waals surface area (Å²) in [5.41, 5.74) is -0.958. The minimum atomic E-state index is -1.58. The molecule has 3 N–H and O–H groups in total. The number of benzene rings is 1. The van der Waals surface area contributed by atoms with Crippen LogP contribution in [0.5, 0.6) is 0 Å². The van der Waals surface area contributed by atoms with Crippen LogP contribution in [0.1, 0.15) is 39.4 Å². The van der Waals surface area contributed by atoms with Crippen LogP contribution in [0.3, 0.4) is 0 Å². The SMILES string of the molecule is CC1(C)CNC(=O)c2sc(Nc3ccc(I)cc3F)c(C(=O)N3CC(O)(C[N+](=O)[O-])C3)c2C1. The smallest absolute Gasteiger partial charge is 0.261 e. The molecule has 0 spiro atoms. The number of halogens is 2.